The third-order valence-corrected chi connectivity index (χ3v) is 5.80. The fourth-order valence-electron chi connectivity index (χ4n) is 4.17. The van der Waals surface area contributed by atoms with Gasteiger partial charge in [0.15, 0.2) is 0 Å². The molecule has 2 aliphatic heterocycles. The minimum Gasteiger partial charge on any atom is -0.337 e. The Morgan fingerprint density at radius 3 is 2.41 bits per heavy atom. The summed E-state index contributed by atoms with van der Waals surface area (Å²) in [6.45, 7) is 9.34. The minimum atomic E-state index is 0.275. The van der Waals surface area contributed by atoms with Crippen molar-refractivity contribution in [3.63, 3.8) is 0 Å². The summed E-state index contributed by atoms with van der Waals surface area (Å²) in [6, 6.07) is 17.2. The Labute approximate surface area is 162 Å². The van der Waals surface area contributed by atoms with Crippen LogP contribution in [0.25, 0.3) is 0 Å². The molecule has 0 unspecified atom stereocenters. The van der Waals surface area contributed by atoms with Crippen molar-refractivity contribution in [3.8, 4) is 0 Å². The Balaban J connectivity index is 1.25. The number of carbonyl (C=O) groups is 1. The van der Waals surface area contributed by atoms with Crippen molar-refractivity contribution in [1.29, 1.82) is 0 Å². The van der Waals surface area contributed by atoms with E-state index >= 15 is 0 Å². The summed E-state index contributed by atoms with van der Waals surface area (Å²) in [4.78, 5) is 19.6. The third kappa shape index (κ3) is 4.57. The molecule has 0 aromatic heterocycles. The molecule has 0 saturated carbocycles. The van der Waals surface area contributed by atoms with Crippen LogP contribution in [0.3, 0.4) is 0 Å². The largest absolute Gasteiger partial charge is 0.337 e. The van der Waals surface area contributed by atoms with Crippen LogP contribution >= 0.6 is 0 Å². The van der Waals surface area contributed by atoms with Gasteiger partial charge in [0, 0.05) is 45.8 Å². The van der Waals surface area contributed by atoms with Crippen LogP contribution in [0.2, 0.25) is 0 Å². The Hall–Kier alpha value is -2.17. The average molecular weight is 364 g/mol. The molecular formula is C23H29N3O. The van der Waals surface area contributed by atoms with Crippen LogP contribution in [-0.2, 0) is 24.3 Å². The lowest BCUT2D eigenvalue weighted by Gasteiger charge is -2.36. The monoisotopic (exact) mass is 363 g/mol. The topological polar surface area (TPSA) is 26.8 Å². The number of nitrogens with zero attached hydrogens (tertiary/aromatic N) is 3. The Morgan fingerprint density at radius 2 is 1.63 bits per heavy atom. The maximum Gasteiger partial charge on any atom is 0.237 e. The lowest BCUT2D eigenvalue weighted by Crippen LogP contribution is -2.50. The van der Waals surface area contributed by atoms with E-state index < -0.39 is 0 Å². The maximum atomic E-state index is 12.8. The zero-order valence-corrected chi connectivity index (χ0v) is 16.2. The normalized spacial score (nSPS) is 18.3. The molecule has 0 aliphatic carbocycles. The van der Waals surface area contributed by atoms with E-state index in [9.17, 15) is 4.79 Å². The summed E-state index contributed by atoms with van der Waals surface area (Å²) in [6.07, 6.45) is 0.978. The van der Waals surface area contributed by atoms with Crippen molar-refractivity contribution in [1.82, 2.24) is 14.7 Å². The van der Waals surface area contributed by atoms with Crippen LogP contribution in [0, 0.1) is 6.92 Å². The molecule has 4 nitrogen and oxygen atoms in total. The van der Waals surface area contributed by atoms with E-state index in [1.54, 1.807) is 0 Å². The molecule has 2 heterocycles. The van der Waals surface area contributed by atoms with Gasteiger partial charge in [-0.2, -0.15) is 0 Å². The van der Waals surface area contributed by atoms with Gasteiger partial charge >= 0.3 is 0 Å². The van der Waals surface area contributed by atoms with Gasteiger partial charge in [-0.15, -0.1) is 0 Å². The van der Waals surface area contributed by atoms with Gasteiger partial charge in [0.25, 0.3) is 0 Å². The maximum absolute atomic E-state index is 12.8. The molecule has 2 aromatic carbocycles. The number of benzene rings is 2. The molecule has 0 bridgehead atoms. The predicted molar refractivity (Wildman–Crippen MR) is 108 cm³/mol. The van der Waals surface area contributed by atoms with E-state index in [4.69, 9.17) is 0 Å². The number of rotatable bonds is 4. The van der Waals surface area contributed by atoms with Crippen molar-refractivity contribution >= 4 is 5.91 Å². The van der Waals surface area contributed by atoms with Crippen molar-refractivity contribution in [2.45, 2.75) is 26.4 Å². The molecule has 2 aromatic rings. The quantitative estimate of drug-likeness (QED) is 0.836. The van der Waals surface area contributed by atoms with E-state index in [1.807, 2.05) is 4.90 Å². The molecule has 0 spiro atoms. The number of amides is 1. The highest BCUT2D eigenvalue weighted by Gasteiger charge is 2.24. The Kier molecular flexibility index (Phi) is 5.55. The second kappa shape index (κ2) is 8.24. The van der Waals surface area contributed by atoms with Gasteiger partial charge in [-0.25, -0.2) is 0 Å². The highest BCUT2D eigenvalue weighted by Crippen LogP contribution is 2.19. The first-order chi connectivity index (χ1) is 13.2. The molecule has 142 valence electrons. The van der Waals surface area contributed by atoms with Crippen molar-refractivity contribution < 1.29 is 4.79 Å². The molecule has 1 fully saturated rings. The SMILES string of the molecule is Cc1cccc(CN2CCN(CC(=O)N3CCc4ccccc4C3)CC2)c1. The van der Waals surface area contributed by atoms with E-state index in [-0.39, 0.29) is 5.91 Å². The molecule has 4 rings (SSSR count). The predicted octanol–water partition coefficient (Wildman–Crippen LogP) is 2.70. The Bertz CT molecular complexity index is 796. The van der Waals surface area contributed by atoms with Gasteiger partial charge in [0.05, 0.1) is 6.54 Å². The van der Waals surface area contributed by atoms with E-state index in [1.165, 1.54) is 22.3 Å². The fourth-order valence-corrected chi connectivity index (χ4v) is 4.17. The van der Waals surface area contributed by atoms with Gasteiger partial charge in [-0.3, -0.25) is 14.6 Å². The lowest BCUT2D eigenvalue weighted by molar-refractivity contribution is -0.133. The number of aryl methyl sites for hydroxylation is 1. The first-order valence-electron chi connectivity index (χ1n) is 10.0. The fraction of sp³-hybridized carbons (Fsp3) is 0.435. The van der Waals surface area contributed by atoms with Gasteiger partial charge in [0.2, 0.25) is 5.91 Å². The van der Waals surface area contributed by atoms with Crippen LogP contribution < -0.4 is 0 Å². The zero-order valence-electron chi connectivity index (χ0n) is 16.2. The summed E-state index contributed by atoms with van der Waals surface area (Å²) in [7, 11) is 0. The standard InChI is InChI=1S/C23H29N3O/c1-19-5-4-6-20(15-19)16-24-11-13-25(14-12-24)18-23(27)26-10-9-21-7-2-3-8-22(21)17-26/h2-8,15H,9-14,16-18H2,1H3. The Morgan fingerprint density at radius 1 is 0.889 bits per heavy atom. The van der Waals surface area contributed by atoms with Crippen molar-refractivity contribution in [2.75, 3.05) is 39.3 Å². The zero-order chi connectivity index (χ0) is 18.6. The number of hydrogen-bond donors (Lipinski definition) is 0. The minimum absolute atomic E-state index is 0.275. The second-order valence-corrected chi connectivity index (χ2v) is 7.88. The molecule has 2 aliphatic rings. The second-order valence-electron chi connectivity index (χ2n) is 7.88. The third-order valence-electron chi connectivity index (χ3n) is 5.80. The highest BCUT2D eigenvalue weighted by atomic mass is 16.2. The molecule has 1 saturated heterocycles. The van der Waals surface area contributed by atoms with Gasteiger partial charge in [-0.05, 0) is 30.0 Å². The summed E-state index contributed by atoms with van der Waals surface area (Å²) >= 11 is 0. The van der Waals surface area contributed by atoms with E-state index in [0.717, 1.165) is 52.2 Å². The molecule has 0 radical (unpaired) electrons. The van der Waals surface area contributed by atoms with E-state index in [0.29, 0.717) is 6.54 Å². The average Bonchev–Trinajstić information content (AvgIpc) is 2.69. The summed E-state index contributed by atoms with van der Waals surface area (Å²) < 4.78 is 0. The summed E-state index contributed by atoms with van der Waals surface area (Å²) in [5.41, 5.74) is 5.40. The molecule has 27 heavy (non-hydrogen) atoms. The number of carbonyl (C=O) groups excluding carboxylic acids is 1. The molecule has 1 amide bonds. The van der Waals surface area contributed by atoms with Crippen LogP contribution in [0.4, 0.5) is 0 Å². The first-order valence-corrected chi connectivity index (χ1v) is 10.0. The summed E-state index contributed by atoms with van der Waals surface area (Å²) in [5.74, 6) is 0.275. The van der Waals surface area contributed by atoms with Gasteiger partial charge in [0.1, 0.15) is 0 Å². The number of hydrogen-bond acceptors (Lipinski definition) is 3. The molecule has 0 atom stereocenters. The van der Waals surface area contributed by atoms with Crippen molar-refractivity contribution in [2.24, 2.45) is 0 Å². The van der Waals surface area contributed by atoms with Crippen molar-refractivity contribution in [3.05, 3.63) is 70.8 Å². The first kappa shape index (κ1) is 18.2. The number of piperazine rings is 1. The molecular weight excluding hydrogens is 334 g/mol. The van der Waals surface area contributed by atoms with Crippen LogP contribution in [0.1, 0.15) is 22.3 Å². The van der Waals surface area contributed by atoms with Crippen LogP contribution in [0.5, 0.6) is 0 Å². The van der Waals surface area contributed by atoms with Gasteiger partial charge < -0.3 is 4.90 Å². The highest BCUT2D eigenvalue weighted by molar-refractivity contribution is 5.78. The van der Waals surface area contributed by atoms with Crippen LogP contribution in [-0.4, -0.2) is 59.9 Å². The molecule has 0 N–H and O–H groups in total. The smallest absolute Gasteiger partial charge is 0.237 e. The van der Waals surface area contributed by atoms with Gasteiger partial charge in [-0.1, -0.05) is 54.1 Å². The lowest BCUT2D eigenvalue weighted by atomic mass is 10.00. The summed E-state index contributed by atoms with van der Waals surface area (Å²) in [5, 5.41) is 0. The number of fused-ring (bicyclic) bond motifs is 1. The molecule has 4 heteroatoms. The van der Waals surface area contributed by atoms with E-state index in [2.05, 4.69) is 65.3 Å². The van der Waals surface area contributed by atoms with Crippen LogP contribution in [0.15, 0.2) is 48.5 Å².